The van der Waals surface area contributed by atoms with Gasteiger partial charge in [-0.2, -0.15) is 0 Å². The summed E-state index contributed by atoms with van der Waals surface area (Å²) in [7, 11) is -1.76. The highest BCUT2D eigenvalue weighted by atomic mass is 28.4. The molecule has 0 saturated heterocycles. The molecular weight excluding hydrogens is 529 g/mol. The number of fused-ring (bicyclic) bond motifs is 5. The van der Waals surface area contributed by atoms with Crippen LogP contribution in [0.2, 0.25) is 39.3 Å². The van der Waals surface area contributed by atoms with Crippen molar-refractivity contribution in [2.24, 2.45) is 46.3 Å². The Morgan fingerprint density at radius 3 is 2.23 bits per heavy atom. The molecule has 0 radical (unpaired) electrons. The fourth-order valence-electron chi connectivity index (χ4n) is 9.95. The average molecular weight is 591 g/mol. The van der Waals surface area contributed by atoms with Crippen LogP contribution in [0.3, 0.4) is 0 Å². The molecule has 0 aliphatic heterocycles. The topological polar surface area (TPSA) is 44.8 Å². The first-order valence-electron chi connectivity index (χ1n) is 16.6. The maximum absolute atomic E-state index is 11.9. The van der Waals surface area contributed by atoms with E-state index in [0.717, 1.165) is 37.0 Å². The fourth-order valence-corrected chi connectivity index (χ4v) is 12.2. The van der Waals surface area contributed by atoms with Crippen molar-refractivity contribution in [3.8, 4) is 0 Å². The molecule has 0 aromatic heterocycles. The lowest BCUT2D eigenvalue weighted by Gasteiger charge is -2.61. The molecular formula is C34H62O4Si2. The van der Waals surface area contributed by atoms with E-state index in [1.807, 2.05) is 6.92 Å². The van der Waals surface area contributed by atoms with Gasteiger partial charge in [0, 0.05) is 6.10 Å². The number of hydrogen-bond acceptors (Lipinski definition) is 4. The summed E-state index contributed by atoms with van der Waals surface area (Å²) < 4.78 is 18.8. The second-order valence-electron chi connectivity index (χ2n) is 16.8. The van der Waals surface area contributed by atoms with Gasteiger partial charge in [-0.3, -0.25) is 4.79 Å². The molecule has 6 heteroatoms. The Balaban J connectivity index is 1.55. The van der Waals surface area contributed by atoms with E-state index < -0.39 is 16.6 Å². The molecule has 40 heavy (non-hydrogen) atoms. The summed E-state index contributed by atoms with van der Waals surface area (Å²) in [6, 6.07) is 0. The minimum absolute atomic E-state index is 0.00854. The molecule has 0 aromatic carbocycles. The molecule has 0 amide bonds. The molecule has 8 unspecified atom stereocenters. The summed E-state index contributed by atoms with van der Waals surface area (Å²) in [6.07, 6.45) is 15.6. The van der Waals surface area contributed by atoms with Crippen LogP contribution in [0.5, 0.6) is 0 Å². The van der Waals surface area contributed by atoms with Crippen molar-refractivity contribution in [3.05, 3.63) is 11.6 Å². The summed E-state index contributed by atoms with van der Waals surface area (Å²) >= 11 is 0. The highest BCUT2D eigenvalue weighted by Gasteiger charge is 2.61. The van der Waals surface area contributed by atoms with Crippen molar-refractivity contribution in [1.29, 1.82) is 0 Å². The Bertz CT molecular complexity index is 935. The SMILES string of the molecule is COC(=O)C(C)CCCC(C)C1CCC2C3C(CCC12C)C1(C)CC[C@H](O[Si](C)(C)C)CC1=C[C@H]3O[Si](C)(C)C. The van der Waals surface area contributed by atoms with Gasteiger partial charge in [-0.05, 0) is 131 Å². The zero-order chi connectivity index (χ0) is 29.7. The van der Waals surface area contributed by atoms with Crippen LogP contribution in [-0.2, 0) is 18.4 Å². The molecule has 10 atom stereocenters. The highest BCUT2D eigenvalue weighted by Crippen LogP contribution is 2.68. The summed E-state index contributed by atoms with van der Waals surface area (Å²) in [5.41, 5.74) is 2.37. The molecule has 4 nitrogen and oxygen atoms in total. The van der Waals surface area contributed by atoms with Crippen LogP contribution in [0, 0.1) is 46.3 Å². The first kappa shape index (κ1) is 32.5. The maximum Gasteiger partial charge on any atom is 0.308 e. The summed E-state index contributed by atoms with van der Waals surface area (Å²) in [4.78, 5) is 11.9. The molecule has 0 aromatic rings. The van der Waals surface area contributed by atoms with Gasteiger partial charge in [0.05, 0.1) is 19.1 Å². The average Bonchev–Trinajstić information content (AvgIpc) is 3.19. The van der Waals surface area contributed by atoms with Gasteiger partial charge in [-0.25, -0.2) is 0 Å². The van der Waals surface area contributed by atoms with Gasteiger partial charge in [0.2, 0.25) is 0 Å². The number of carbonyl (C=O) groups is 1. The number of esters is 1. The lowest BCUT2D eigenvalue weighted by molar-refractivity contribution is -0.145. The minimum atomic E-state index is -1.71. The quantitative estimate of drug-likeness (QED) is 0.144. The minimum Gasteiger partial charge on any atom is -0.469 e. The van der Waals surface area contributed by atoms with Crippen LogP contribution < -0.4 is 0 Å². The molecule has 3 saturated carbocycles. The normalized spacial score (nSPS) is 39.4. The largest absolute Gasteiger partial charge is 0.469 e. The summed E-state index contributed by atoms with van der Waals surface area (Å²) in [5.74, 6) is 3.55. The monoisotopic (exact) mass is 590 g/mol. The number of hydrogen-bond donors (Lipinski definition) is 0. The van der Waals surface area contributed by atoms with E-state index in [4.69, 9.17) is 13.6 Å². The predicted molar refractivity (Wildman–Crippen MR) is 171 cm³/mol. The third kappa shape index (κ3) is 6.70. The van der Waals surface area contributed by atoms with E-state index in [9.17, 15) is 4.79 Å². The van der Waals surface area contributed by atoms with E-state index in [-0.39, 0.29) is 18.0 Å². The Kier molecular flexibility index (Phi) is 9.68. The van der Waals surface area contributed by atoms with Crippen molar-refractivity contribution >= 4 is 22.6 Å². The van der Waals surface area contributed by atoms with Gasteiger partial charge in [-0.15, -0.1) is 0 Å². The Morgan fingerprint density at radius 1 is 0.925 bits per heavy atom. The molecule has 4 aliphatic rings. The lowest BCUT2D eigenvalue weighted by atomic mass is 9.46. The molecule has 3 fully saturated rings. The standard InChI is InChI=1S/C34H62O4Si2/c1-23(13-12-14-24(2)32(35)36-5)27-15-16-28-31-29(18-20-34(27,28)4)33(3)19-17-26(37-39(6,7)8)21-25(33)22-30(31)38-40(9,10)11/h22-24,26-31H,12-21H2,1-11H3/t23?,24?,26-,27?,28?,29?,30+,31?,33?,34?/m0/s1. The van der Waals surface area contributed by atoms with E-state index >= 15 is 0 Å². The molecule has 0 N–H and O–H groups in total. The Hall–Kier alpha value is -0.436. The van der Waals surface area contributed by atoms with Crippen LogP contribution in [0.15, 0.2) is 11.6 Å². The first-order valence-corrected chi connectivity index (χ1v) is 23.4. The molecule has 0 spiro atoms. The van der Waals surface area contributed by atoms with E-state index in [1.165, 1.54) is 52.1 Å². The molecule has 4 rings (SSSR count). The zero-order valence-corrected chi connectivity index (χ0v) is 29.9. The van der Waals surface area contributed by atoms with Gasteiger partial charge < -0.3 is 13.6 Å². The van der Waals surface area contributed by atoms with Crippen molar-refractivity contribution in [2.45, 2.75) is 143 Å². The van der Waals surface area contributed by atoms with E-state index in [2.05, 4.69) is 66.1 Å². The second kappa shape index (κ2) is 11.9. The van der Waals surface area contributed by atoms with Crippen LogP contribution in [0.1, 0.15) is 91.9 Å². The van der Waals surface area contributed by atoms with Gasteiger partial charge >= 0.3 is 5.97 Å². The Labute approximate surface area is 249 Å². The molecule has 230 valence electrons. The lowest BCUT2D eigenvalue weighted by Crippen LogP contribution is -2.57. The van der Waals surface area contributed by atoms with Crippen molar-refractivity contribution in [3.63, 3.8) is 0 Å². The smallest absolute Gasteiger partial charge is 0.308 e. The van der Waals surface area contributed by atoms with Crippen LogP contribution >= 0.6 is 0 Å². The molecule has 4 aliphatic carbocycles. The zero-order valence-electron chi connectivity index (χ0n) is 27.9. The van der Waals surface area contributed by atoms with E-state index in [1.54, 1.807) is 5.57 Å². The third-order valence-corrected chi connectivity index (χ3v) is 13.8. The van der Waals surface area contributed by atoms with Crippen LogP contribution in [-0.4, -0.2) is 41.9 Å². The van der Waals surface area contributed by atoms with Crippen LogP contribution in [0.25, 0.3) is 0 Å². The summed E-state index contributed by atoms with van der Waals surface area (Å²) in [5, 5.41) is 0. The van der Waals surface area contributed by atoms with Gasteiger partial charge in [0.1, 0.15) is 0 Å². The number of ether oxygens (including phenoxy) is 1. The highest BCUT2D eigenvalue weighted by molar-refractivity contribution is 6.70. The number of methoxy groups -OCH3 is 1. The third-order valence-electron chi connectivity index (χ3n) is 11.7. The maximum atomic E-state index is 11.9. The Morgan fingerprint density at radius 2 is 1.60 bits per heavy atom. The van der Waals surface area contributed by atoms with Gasteiger partial charge in [0.15, 0.2) is 16.6 Å². The molecule has 0 heterocycles. The van der Waals surface area contributed by atoms with Gasteiger partial charge in [-0.1, -0.05) is 52.2 Å². The van der Waals surface area contributed by atoms with Crippen molar-refractivity contribution < 1.29 is 18.4 Å². The first-order chi connectivity index (χ1) is 18.5. The summed E-state index contributed by atoms with van der Waals surface area (Å²) in [6.45, 7) is 23.9. The van der Waals surface area contributed by atoms with Crippen molar-refractivity contribution in [2.75, 3.05) is 7.11 Å². The number of rotatable bonds is 10. The second-order valence-corrected chi connectivity index (χ2v) is 25.7. The van der Waals surface area contributed by atoms with Gasteiger partial charge in [0.25, 0.3) is 0 Å². The van der Waals surface area contributed by atoms with E-state index in [0.29, 0.717) is 28.8 Å². The number of carbonyl (C=O) groups excluding carboxylic acids is 1. The fraction of sp³-hybridized carbons (Fsp3) is 0.912. The molecule has 0 bridgehead atoms. The predicted octanol–water partition coefficient (Wildman–Crippen LogP) is 9.23. The van der Waals surface area contributed by atoms with Crippen LogP contribution in [0.4, 0.5) is 0 Å². The van der Waals surface area contributed by atoms with Crippen molar-refractivity contribution in [1.82, 2.24) is 0 Å².